The molecule has 4 nitrogen and oxygen atoms in total. The molecule has 0 amide bonds. The lowest BCUT2D eigenvalue weighted by atomic mass is 10.2. The zero-order valence-electron chi connectivity index (χ0n) is 8.32. The normalized spacial score (nSPS) is 11.4. The molecule has 14 heavy (non-hydrogen) atoms. The van der Waals surface area contributed by atoms with Gasteiger partial charge in [0.1, 0.15) is 0 Å². The summed E-state index contributed by atoms with van der Waals surface area (Å²) in [5.41, 5.74) is 2.07. The summed E-state index contributed by atoms with van der Waals surface area (Å²) in [4.78, 5) is 5.06. The van der Waals surface area contributed by atoms with Crippen molar-refractivity contribution in [3.63, 3.8) is 0 Å². The van der Waals surface area contributed by atoms with Crippen molar-refractivity contribution in [1.82, 2.24) is 15.3 Å². The molecule has 0 saturated heterocycles. The molecule has 0 aliphatic rings. The Morgan fingerprint density at radius 2 is 2.21 bits per heavy atom. The fourth-order valence-corrected chi connectivity index (χ4v) is 1.42. The summed E-state index contributed by atoms with van der Waals surface area (Å²) in [5, 5.41) is 10.1. The number of hydroxylamine groups is 2. The minimum atomic E-state index is 0.705. The fraction of sp³-hybridized carbons (Fsp3) is 0.300. The third-order valence-corrected chi connectivity index (χ3v) is 2.23. The predicted octanol–water partition coefficient (Wildman–Crippen LogP) is 1.56. The van der Waals surface area contributed by atoms with Gasteiger partial charge >= 0.3 is 0 Å². The second kappa shape index (κ2) is 3.77. The van der Waals surface area contributed by atoms with Crippen LogP contribution >= 0.6 is 0 Å². The highest BCUT2D eigenvalue weighted by molar-refractivity contribution is 5.80. The highest BCUT2D eigenvalue weighted by Gasteiger charge is 2.06. The molecule has 0 radical (unpaired) electrons. The number of H-pyrrole nitrogens is 1. The van der Waals surface area contributed by atoms with Gasteiger partial charge < -0.3 is 4.84 Å². The lowest BCUT2D eigenvalue weighted by molar-refractivity contribution is -0.117. The second-order valence-corrected chi connectivity index (χ2v) is 3.19. The van der Waals surface area contributed by atoms with E-state index in [9.17, 15) is 0 Å². The van der Waals surface area contributed by atoms with Crippen molar-refractivity contribution >= 4 is 10.9 Å². The first kappa shape index (κ1) is 9.18. The van der Waals surface area contributed by atoms with Crippen LogP contribution in [0.1, 0.15) is 5.69 Å². The molecular formula is C10H13N3O. The molecule has 0 aliphatic heterocycles. The summed E-state index contributed by atoms with van der Waals surface area (Å²) in [6.45, 7) is 0.705. The van der Waals surface area contributed by atoms with Crippen LogP contribution in [-0.4, -0.2) is 29.4 Å². The fourth-order valence-electron chi connectivity index (χ4n) is 1.42. The smallest absolute Gasteiger partial charge is 0.0924 e. The summed E-state index contributed by atoms with van der Waals surface area (Å²) in [7, 11) is 3.54. The summed E-state index contributed by atoms with van der Waals surface area (Å²) in [6.07, 6.45) is 0. The predicted molar refractivity (Wildman–Crippen MR) is 54.6 cm³/mol. The SMILES string of the molecule is CON(C)Cc1[nH]nc2ccccc12. The van der Waals surface area contributed by atoms with Crippen LogP contribution in [0.25, 0.3) is 10.9 Å². The minimum absolute atomic E-state index is 0.705. The summed E-state index contributed by atoms with van der Waals surface area (Å²) >= 11 is 0. The van der Waals surface area contributed by atoms with Crippen molar-refractivity contribution in [1.29, 1.82) is 0 Å². The van der Waals surface area contributed by atoms with Crippen molar-refractivity contribution < 1.29 is 4.84 Å². The summed E-state index contributed by atoms with van der Waals surface area (Å²) < 4.78 is 0. The van der Waals surface area contributed by atoms with Crippen LogP contribution in [0.4, 0.5) is 0 Å². The van der Waals surface area contributed by atoms with Gasteiger partial charge in [0.25, 0.3) is 0 Å². The van der Waals surface area contributed by atoms with E-state index in [2.05, 4.69) is 16.3 Å². The molecule has 0 bridgehead atoms. The Bertz CT molecular complexity index is 424. The van der Waals surface area contributed by atoms with Gasteiger partial charge in [-0.25, -0.2) is 0 Å². The van der Waals surface area contributed by atoms with E-state index in [4.69, 9.17) is 4.84 Å². The summed E-state index contributed by atoms with van der Waals surface area (Å²) in [6, 6.07) is 8.03. The molecule has 0 spiro atoms. The van der Waals surface area contributed by atoms with Crippen molar-refractivity contribution in [3.8, 4) is 0 Å². The number of fused-ring (bicyclic) bond motifs is 1. The molecule has 0 fully saturated rings. The van der Waals surface area contributed by atoms with Crippen LogP contribution in [0.2, 0.25) is 0 Å². The molecule has 0 atom stereocenters. The Morgan fingerprint density at radius 3 is 3.00 bits per heavy atom. The Morgan fingerprint density at radius 1 is 1.43 bits per heavy atom. The van der Waals surface area contributed by atoms with E-state index in [0.717, 1.165) is 16.6 Å². The van der Waals surface area contributed by atoms with Crippen LogP contribution in [-0.2, 0) is 11.4 Å². The van der Waals surface area contributed by atoms with Crippen molar-refractivity contribution in [2.75, 3.05) is 14.2 Å². The second-order valence-electron chi connectivity index (χ2n) is 3.19. The number of aromatic nitrogens is 2. The Labute approximate surface area is 82.4 Å². The molecule has 1 N–H and O–H groups in total. The number of para-hydroxylation sites is 1. The van der Waals surface area contributed by atoms with Gasteiger partial charge in [-0.05, 0) is 6.07 Å². The molecule has 74 valence electrons. The molecule has 2 rings (SSSR count). The quantitative estimate of drug-likeness (QED) is 0.748. The molecule has 0 saturated carbocycles. The average Bonchev–Trinajstić information content (AvgIpc) is 2.62. The number of rotatable bonds is 3. The monoisotopic (exact) mass is 191 g/mol. The van der Waals surface area contributed by atoms with Crippen molar-refractivity contribution in [3.05, 3.63) is 30.0 Å². The molecular weight excluding hydrogens is 178 g/mol. The van der Waals surface area contributed by atoms with Crippen LogP contribution in [0.3, 0.4) is 0 Å². The standard InChI is InChI=1S/C10H13N3O/c1-13(14-2)7-10-8-5-3-4-6-9(8)11-12-10/h3-6H,7H2,1-2H3,(H,11,12). The van der Waals surface area contributed by atoms with Gasteiger partial charge in [0.2, 0.25) is 0 Å². The maximum atomic E-state index is 5.06. The van der Waals surface area contributed by atoms with Gasteiger partial charge in [0, 0.05) is 12.4 Å². The molecule has 1 aromatic heterocycles. The van der Waals surface area contributed by atoms with Crippen LogP contribution in [0.5, 0.6) is 0 Å². The molecule has 1 aromatic carbocycles. The lowest BCUT2D eigenvalue weighted by Gasteiger charge is -2.11. The number of nitrogens with zero attached hydrogens (tertiary/aromatic N) is 2. The first-order valence-electron chi connectivity index (χ1n) is 4.48. The number of hydrogen-bond acceptors (Lipinski definition) is 3. The molecule has 0 aliphatic carbocycles. The number of hydrogen-bond donors (Lipinski definition) is 1. The topological polar surface area (TPSA) is 41.1 Å². The lowest BCUT2D eigenvalue weighted by Crippen LogP contribution is -2.16. The van der Waals surface area contributed by atoms with E-state index < -0.39 is 0 Å². The maximum Gasteiger partial charge on any atom is 0.0924 e. The van der Waals surface area contributed by atoms with E-state index in [1.807, 2.05) is 25.2 Å². The Hall–Kier alpha value is -1.39. The molecule has 0 unspecified atom stereocenters. The average molecular weight is 191 g/mol. The zero-order valence-corrected chi connectivity index (χ0v) is 8.32. The van der Waals surface area contributed by atoms with E-state index in [1.165, 1.54) is 0 Å². The van der Waals surface area contributed by atoms with Gasteiger partial charge in [-0.1, -0.05) is 18.2 Å². The first-order chi connectivity index (χ1) is 6.81. The van der Waals surface area contributed by atoms with E-state index >= 15 is 0 Å². The van der Waals surface area contributed by atoms with E-state index in [-0.39, 0.29) is 0 Å². The van der Waals surface area contributed by atoms with Gasteiger partial charge in [-0.2, -0.15) is 10.2 Å². The summed E-state index contributed by atoms with van der Waals surface area (Å²) in [5.74, 6) is 0. The van der Waals surface area contributed by atoms with Gasteiger partial charge in [-0.3, -0.25) is 5.10 Å². The van der Waals surface area contributed by atoms with E-state index in [0.29, 0.717) is 6.54 Å². The Balaban J connectivity index is 2.33. The van der Waals surface area contributed by atoms with Crippen molar-refractivity contribution in [2.24, 2.45) is 0 Å². The first-order valence-corrected chi connectivity index (χ1v) is 4.48. The largest absolute Gasteiger partial charge is 0.302 e. The van der Waals surface area contributed by atoms with Crippen LogP contribution < -0.4 is 0 Å². The van der Waals surface area contributed by atoms with Crippen molar-refractivity contribution in [2.45, 2.75) is 6.54 Å². The molecule has 1 heterocycles. The highest BCUT2D eigenvalue weighted by Crippen LogP contribution is 2.15. The van der Waals surface area contributed by atoms with Gasteiger partial charge in [0.05, 0.1) is 24.9 Å². The van der Waals surface area contributed by atoms with Gasteiger partial charge in [-0.15, -0.1) is 0 Å². The van der Waals surface area contributed by atoms with E-state index in [1.54, 1.807) is 12.2 Å². The number of benzene rings is 1. The Kier molecular flexibility index (Phi) is 2.47. The highest BCUT2D eigenvalue weighted by atomic mass is 16.7. The third-order valence-electron chi connectivity index (χ3n) is 2.23. The molecule has 2 aromatic rings. The maximum absolute atomic E-state index is 5.06. The van der Waals surface area contributed by atoms with Gasteiger partial charge in [0.15, 0.2) is 0 Å². The van der Waals surface area contributed by atoms with Crippen LogP contribution in [0, 0.1) is 0 Å². The zero-order chi connectivity index (χ0) is 9.97. The molecule has 4 heteroatoms. The number of aromatic amines is 1. The number of nitrogens with one attached hydrogen (secondary N) is 1. The minimum Gasteiger partial charge on any atom is -0.302 e. The van der Waals surface area contributed by atoms with Crippen LogP contribution in [0.15, 0.2) is 24.3 Å². The third kappa shape index (κ3) is 1.62.